The minimum Gasteiger partial charge on any atom is -0.352 e. The van der Waals surface area contributed by atoms with Gasteiger partial charge in [0.1, 0.15) is 0 Å². The third-order valence-corrected chi connectivity index (χ3v) is 6.17. The third kappa shape index (κ3) is 6.48. The molecule has 0 radical (unpaired) electrons. The van der Waals surface area contributed by atoms with Gasteiger partial charge in [0.2, 0.25) is 10.0 Å². The highest BCUT2D eigenvalue weighted by atomic mass is 32.2. The highest BCUT2D eigenvalue weighted by Crippen LogP contribution is 2.17. The summed E-state index contributed by atoms with van der Waals surface area (Å²) in [5.41, 5.74) is 0.340. The van der Waals surface area contributed by atoms with Gasteiger partial charge >= 0.3 is 0 Å². The number of hydrogen-bond donors (Lipinski definition) is 2. The van der Waals surface area contributed by atoms with E-state index >= 15 is 0 Å². The fourth-order valence-corrected chi connectivity index (χ4v) is 4.44. The summed E-state index contributed by atoms with van der Waals surface area (Å²) < 4.78 is 26.9. The number of amides is 1. The van der Waals surface area contributed by atoms with Gasteiger partial charge in [-0.1, -0.05) is 24.3 Å². The average molecular weight is 393 g/mol. The van der Waals surface area contributed by atoms with E-state index < -0.39 is 10.0 Å². The van der Waals surface area contributed by atoms with Gasteiger partial charge in [0.25, 0.3) is 5.91 Å². The number of rotatable bonds is 9. The molecule has 0 heterocycles. The number of hydrogen-bond acceptors (Lipinski definition) is 4. The Morgan fingerprint density at radius 3 is 2.50 bits per heavy atom. The monoisotopic (exact) mass is 392 g/mol. The third-order valence-electron chi connectivity index (χ3n) is 3.42. The molecule has 2 aromatic rings. The standard InChI is InChI=1S/C19H24N2O3S2/c1-15(2)21-26(23,24)18-11-6-8-16(14-18)19(22)20-12-7-13-25-17-9-4-3-5-10-17/h3-6,8-11,14-15,21H,7,12-13H2,1-2H3,(H,20,22). The first-order chi connectivity index (χ1) is 12.4. The molecule has 2 aromatic carbocycles. The predicted molar refractivity (Wildman–Crippen MR) is 106 cm³/mol. The molecular weight excluding hydrogens is 368 g/mol. The maximum atomic E-state index is 12.2. The second-order valence-corrected chi connectivity index (χ2v) is 8.96. The zero-order valence-electron chi connectivity index (χ0n) is 14.9. The number of nitrogens with one attached hydrogen (secondary N) is 2. The topological polar surface area (TPSA) is 75.3 Å². The smallest absolute Gasteiger partial charge is 0.251 e. The van der Waals surface area contributed by atoms with Crippen LogP contribution >= 0.6 is 11.8 Å². The lowest BCUT2D eigenvalue weighted by Crippen LogP contribution is -2.30. The van der Waals surface area contributed by atoms with Gasteiger partial charge in [0, 0.05) is 23.0 Å². The largest absolute Gasteiger partial charge is 0.352 e. The van der Waals surface area contributed by atoms with Crippen LogP contribution in [0.5, 0.6) is 0 Å². The molecule has 0 saturated heterocycles. The zero-order chi connectivity index (χ0) is 19.0. The molecule has 0 bridgehead atoms. The molecule has 26 heavy (non-hydrogen) atoms. The van der Waals surface area contributed by atoms with Crippen molar-refractivity contribution >= 4 is 27.7 Å². The number of carbonyl (C=O) groups is 1. The maximum Gasteiger partial charge on any atom is 0.251 e. The number of benzene rings is 2. The van der Waals surface area contributed by atoms with Crippen LogP contribution in [0.1, 0.15) is 30.6 Å². The van der Waals surface area contributed by atoms with Crippen LogP contribution in [0.4, 0.5) is 0 Å². The SMILES string of the molecule is CC(C)NS(=O)(=O)c1cccc(C(=O)NCCCSc2ccccc2)c1. The van der Waals surface area contributed by atoms with Gasteiger partial charge < -0.3 is 5.32 Å². The van der Waals surface area contributed by atoms with E-state index in [1.165, 1.54) is 17.0 Å². The lowest BCUT2D eigenvalue weighted by molar-refractivity contribution is 0.0953. The van der Waals surface area contributed by atoms with Crippen molar-refractivity contribution in [1.82, 2.24) is 10.0 Å². The van der Waals surface area contributed by atoms with Gasteiger partial charge in [-0.05, 0) is 56.4 Å². The summed E-state index contributed by atoms with van der Waals surface area (Å²) in [5.74, 6) is 0.633. The minimum absolute atomic E-state index is 0.0958. The Morgan fingerprint density at radius 2 is 1.81 bits per heavy atom. The second kappa shape index (κ2) is 9.75. The quantitative estimate of drug-likeness (QED) is 0.507. The Hall–Kier alpha value is -1.83. The van der Waals surface area contributed by atoms with Gasteiger partial charge in [-0.2, -0.15) is 0 Å². The van der Waals surface area contributed by atoms with Crippen molar-refractivity contribution in [1.29, 1.82) is 0 Å². The highest BCUT2D eigenvalue weighted by molar-refractivity contribution is 7.99. The van der Waals surface area contributed by atoms with Crippen LogP contribution in [0.25, 0.3) is 0 Å². The molecule has 7 heteroatoms. The highest BCUT2D eigenvalue weighted by Gasteiger charge is 2.17. The molecule has 0 unspecified atom stereocenters. The van der Waals surface area contributed by atoms with E-state index in [1.54, 1.807) is 37.7 Å². The van der Waals surface area contributed by atoms with Crippen molar-refractivity contribution < 1.29 is 13.2 Å². The molecule has 0 aliphatic rings. The first-order valence-corrected chi connectivity index (χ1v) is 10.9. The maximum absolute atomic E-state index is 12.2. The van der Waals surface area contributed by atoms with Crippen molar-refractivity contribution in [2.24, 2.45) is 0 Å². The van der Waals surface area contributed by atoms with E-state index in [4.69, 9.17) is 0 Å². The van der Waals surface area contributed by atoms with E-state index in [0.717, 1.165) is 12.2 Å². The Bertz CT molecular complexity index is 822. The number of carbonyl (C=O) groups excluding carboxylic acids is 1. The van der Waals surface area contributed by atoms with Crippen LogP contribution in [-0.2, 0) is 10.0 Å². The molecule has 2 N–H and O–H groups in total. The zero-order valence-corrected chi connectivity index (χ0v) is 16.6. The molecule has 0 saturated carbocycles. The molecule has 0 aliphatic heterocycles. The van der Waals surface area contributed by atoms with Crippen LogP contribution in [0.2, 0.25) is 0 Å². The number of thioether (sulfide) groups is 1. The van der Waals surface area contributed by atoms with Gasteiger partial charge in [0.05, 0.1) is 4.90 Å². The van der Waals surface area contributed by atoms with Gasteiger partial charge in [-0.15, -0.1) is 11.8 Å². The van der Waals surface area contributed by atoms with Crippen molar-refractivity contribution in [2.75, 3.05) is 12.3 Å². The van der Waals surface area contributed by atoms with Crippen molar-refractivity contribution in [3.8, 4) is 0 Å². The predicted octanol–water partition coefficient (Wildman–Crippen LogP) is 3.29. The Kier molecular flexibility index (Phi) is 7.68. The first-order valence-electron chi connectivity index (χ1n) is 8.47. The van der Waals surface area contributed by atoms with E-state index in [1.807, 2.05) is 18.2 Å². The summed E-state index contributed by atoms with van der Waals surface area (Å²) in [7, 11) is -3.61. The van der Waals surface area contributed by atoms with Crippen molar-refractivity contribution in [3.63, 3.8) is 0 Å². The molecule has 0 spiro atoms. The normalized spacial score (nSPS) is 11.5. The van der Waals surface area contributed by atoms with Crippen LogP contribution in [0.3, 0.4) is 0 Å². The molecule has 0 atom stereocenters. The Morgan fingerprint density at radius 1 is 1.08 bits per heavy atom. The Labute approximate surface area is 159 Å². The van der Waals surface area contributed by atoms with Crippen LogP contribution in [-0.4, -0.2) is 32.7 Å². The molecule has 2 rings (SSSR count). The van der Waals surface area contributed by atoms with E-state index in [-0.39, 0.29) is 16.8 Å². The second-order valence-electron chi connectivity index (χ2n) is 6.07. The van der Waals surface area contributed by atoms with Crippen LogP contribution in [0, 0.1) is 0 Å². The van der Waals surface area contributed by atoms with Crippen molar-refractivity contribution in [3.05, 3.63) is 60.2 Å². The lowest BCUT2D eigenvalue weighted by atomic mass is 10.2. The molecule has 0 aliphatic carbocycles. The summed E-state index contributed by atoms with van der Waals surface area (Å²) >= 11 is 1.74. The minimum atomic E-state index is -3.61. The molecular formula is C19H24N2O3S2. The van der Waals surface area contributed by atoms with E-state index in [9.17, 15) is 13.2 Å². The van der Waals surface area contributed by atoms with Crippen LogP contribution < -0.4 is 10.0 Å². The van der Waals surface area contributed by atoms with Crippen molar-refractivity contribution in [2.45, 2.75) is 36.1 Å². The van der Waals surface area contributed by atoms with E-state index in [2.05, 4.69) is 22.2 Å². The molecule has 0 aromatic heterocycles. The summed E-state index contributed by atoms with van der Waals surface area (Å²) in [6.07, 6.45) is 0.832. The van der Waals surface area contributed by atoms with Gasteiger partial charge in [0.15, 0.2) is 0 Å². The molecule has 0 fully saturated rings. The molecule has 140 valence electrons. The fourth-order valence-electron chi connectivity index (χ4n) is 2.27. The fraction of sp³-hybridized carbons (Fsp3) is 0.316. The number of sulfonamides is 1. The van der Waals surface area contributed by atoms with Gasteiger partial charge in [-0.25, -0.2) is 13.1 Å². The molecule has 5 nitrogen and oxygen atoms in total. The summed E-state index contributed by atoms with van der Waals surface area (Å²) in [6.45, 7) is 4.04. The lowest BCUT2D eigenvalue weighted by Gasteiger charge is -2.11. The summed E-state index contributed by atoms with van der Waals surface area (Å²) in [5, 5.41) is 2.84. The van der Waals surface area contributed by atoms with Gasteiger partial charge in [-0.3, -0.25) is 4.79 Å². The molecule has 1 amide bonds. The average Bonchev–Trinajstić information content (AvgIpc) is 2.61. The van der Waals surface area contributed by atoms with Crippen LogP contribution in [0.15, 0.2) is 64.4 Å². The first kappa shape index (κ1) is 20.5. The Balaban J connectivity index is 1.85. The summed E-state index contributed by atoms with van der Waals surface area (Å²) in [6, 6.07) is 16.0. The van der Waals surface area contributed by atoms with E-state index in [0.29, 0.717) is 12.1 Å². The summed E-state index contributed by atoms with van der Waals surface area (Å²) in [4.78, 5) is 13.5.